The lowest BCUT2D eigenvalue weighted by Crippen LogP contribution is -2.32. The van der Waals surface area contributed by atoms with E-state index in [1.54, 1.807) is 21.0 Å². The maximum Gasteiger partial charge on any atom is 0.0779 e. The predicted octanol–water partition coefficient (Wildman–Crippen LogP) is 3.47. The van der Waals surface area contributed by atoms with E-state index in [-0.39, 0.29) is 19.5 Å². The molecular weight excluding hydrogens is 150 g/mol. The summed E-state index contributed by atoms with van der Waals surface area (Å²) in [4.78, 5) is 0. The zero-order valence-electron chi connectivity index (χ0n) is 7.68. The second kappa shape index (κ2) is 13.5. The summed E-state index contributed by atoms with van der Waals surface area (Å²) in [5.41, 5.74) is 0. The Morgan fingerprint density at radius 1 is 1.17 bits per heavy atom. The average molecular weight is 178 g/mol. The first-order valence-electron chi connectivity index (χ1n) is 3.81. The molecule has 2 heteroatoms. The van der Waals surface area contributed by atoms with Crippen LogP contribution in [0.3, 0.4) is 0 Å². The highest BCUT2D eigenvalue weighted by molar-refractivity contribution is 4.32. The third-order valence-electron chi connectivity index (χ3n) is 1.05. The Bertz CT molecular complexity index is 57.3. The molecule has 0 spiro atoms. The smallest absolute Gasteiger partial charge is 0.0779 e. The van der Waals surface area contributed by atoms with E-state index >= 15 is 0 Å². The molecule has 0 heterocycles. The molecule has 2 nitrogen and oxygen atoms in total. The van der Waals surface area contributed by atoms with Crippen molar-refractivity contribution >= 4 is 0 Å². The summed E-state index contributed by atoms with van der Waals surface area (Å²) in [6.45, 7) is 7.84. The van der Waals surface area contributed by atoms with Gasteiger partial charge >= 0.3 is 0 Å². The fourth-order valence-electron chi connectivity index (χ4n) is 0.539. The molecule has 12 heavy (non-hydrogen) atoms. The number of rotatable bonds is 3. The van der Waals surface area contributed by atoms with Crippen molar-refractivity contribution in [2.45, 2.75) is 41.5 Å². The summed E-state index contributed by atoms with van der Waals surface area (Å²) in [6, 6.07) is 0. The first-order chi connectivity index (χ1) is 4.56. The van der Waals surface area contributed by atoms with Crippen LogP contribution in [0.15, 0.2) is 0 Å². The first-order valence-corrected chi connectivity index (χ1v) is 3.81. The monoisotopic (exact) mass is 178 g/mol. The van der Waals surface area contributed by atoms with Gasteiger partial charge in [0.2, 0.25) is 0 Å². The minimum atomic E-state index is -0.145. The summed E-state index contributed by atoms with van der Waals surface area (Å²) in [6.07, 6.45) is 2.15. The van der Waals surface area contributed by atoms with Crippen LogP contribution in [-0.4, -0.2) is 25.3 Å². The van der Waals surface area contributed by atoms with E-state index in [0.717, 1.165) is 19.4 Å². The van der Waals surface area contributed by atoms with Gasteiger partial charge in [0.1, 0.15) is 0 Å². The summed E-state index contributed by atoms with van der Waals surface area (Å²) >= 11 is 0. The van der Waals surface area contributed by atoms with Gasteiger partial charge in [-0.2, -0.15) is 6.92 Å². The fraction of sp³-hybridized carbons (Fsp3) is 0.900. The number of nitrogens with zero attached hydrogens (tertiary/aromatic N) is 1. The van der Waals surface area contributed by atoms with E-state index < -0.39 is 0 Å². The molecule has 0 rings (SSSR count). The van der Waals surface area contributed by atoms with Crippen LogP contribution in [0.2, 0.25) is 0 Å². The van der Waals surface area contributed by atoms with Gasteiger partial charge in [-0.3, -0.25) is 0 Å². The third-order valence-corrected chi connectivity index (χ3v) is 1.05. The van der Waals surface area contributed by atoms with Crippen LogP contribution in [-0.2, 0) is 0 Å². The van der Waals surface area contributed by atoms with E-state index in [1.807, 2.05) is 0 Å². The molecule has 0 fully saturated rings. The van der Waals surface area contributed by atoms with Crippen molar-refractivity contribution in [3.63, 3.8) is 0 Å². The Labute approximate surface area is 79.8 Å². The van der Waals surface area contributed by atoms with Gasteiger partial charge < -0.3 is 16.8 Å². The van der Waals surface area contributed by atoms with E-state index in [4.69, 9.17) is 0 Å². The first kappa shape index (κ1) is 22.7. The van der Waals surface area contributed by atoms with E-state index in [0.29, 0.717) is 0 Å². The van der Waals surface area contributed by atoms with Crippen molar-refractivity contribution in [3.8, 4) is 0 Å². The molecule has 0 aliphatic carbocycles. The number of unbranched alkanes of at least 4 members (excludes halogenated alkanes) is 1. The maximum atomic E-state index is 10.8. The normalized spacial score (nSPS) is 8.50. The van der Waals surface area contributed by atoms with E-state index in [1.165, 1.54) is 0 Å². The van der Waals surface area contributed by atoms with Crippen LogP contribution < -0.4 is 0 Å². The van der Waals surface area contributed by atoms with Gasteiger partial charge in [0.05, 0.1) is 20.6 Å². The number of hydroxylamine groups is 3. The van der Waals surface area contributed by atoms with Crippen molar-refractivity contribution in [1.29, 1.82) is 0 Å². The Kier molecular flexibility index (Phi) is 25.5. The SMILES string of the molecule is C.C.CCCC[N+](C)(C)[O-].[CH2-]C. The van der Waals surface area contributed by atoms with Crippen LogP contribution in [0.5, 0.6) is 0 Å². The van der Waals surface area contributed by atoms with Crippen molar-refractivity contribution in [1.82, 2.24) is 0 Å². The number of hydrogen-bond donors (Lipinski definition) is 0. The molecule has 80 valence electrons. The molecule has 0 N–H and O–H groups in total. The molecule has 0 saturated carbocycles. The van der Waals surface area contributed by atoms with Crippen molar-refractivity contribution in [2.24, 2.45) is 0 Å². The van der Waals surface area contributed by atoms with Crippen LogP contribution in [0.25, 0.3) is 0 Å². The Hall–Kier alpha value is -0.0800. The summed E-state index contributed by atoms with van der Waals surface area (Å²) in [5, 5.41) is 10.8. The highest BCUT2D eigenvalue weighted by Gasteiger charge is 1.97. The second-order valence-corrected chi connectivity index (χ2v) is 2.65. The minimum Gasteiger partial charge on any atom is -0.633 e. The van der Waals surface area contributed by atoms with Crippen molar-refractivity contribution in [3.05, 3.63) is 12.1 Å². The van der Waals surface area contributed by atoms with Gasteiger partial charge in [0, 0.05) is 0 Å². The maximum absolute atomic E-state index is 10.8. The lowest BCUT2D eigenvalue weighted by atomic mass is 10.3. The van der Waals surface area contributed by atoms with Crippen LogP contribution in [0, 0.1) is 12.1 Å². The van der Waals surface area contributed by atoms with Crippen LogP contribution in [0.4, 0.5) is 0 Å². The molecule has 0 atom stereocenters. The topological polar surface area (TPSA) is 23.1 Å². The molecular formula is C10H28NO-. The molecule has 0 aromatic carbocycles. The lowest BCUT2D eigenvalue weighted by molar-refractivity contribution is -0.840. The van der Waals surface area contributed by atoms with Crippen molar-refractivity contribution in [2.75, 3.05) is 20.6 Å². The minimum absolute atomic E-state index is 0. The molecule has 0 aromatic rings. The fourth-order valence-corrected chi connectivity index (χ4v) is 0.539. The Morgan fingerprint density at radius 3 is 1.58 bits per heavy atom. The van der Waals surface area contributed by atoms with Crippen molar-refractivity contribution < 1.29 is 4.65 Å². The van der Waals surface area contributed by atoms with E-state index in [2.05, 4.69) is 13.8 Å². The van der Waals surface area contributed by atoms with Gasteiger partial charge in [0.25, 0.3) is 0 Å². The number of quaternary nitrogens is 1. The molecule has 0 radical (unpaired) electrons. The molecule has 0 aliphatic rings. The van der Waals surface area contributed by atoms with Gasteiger partial charge in [-0.05, 0) is 6.42 Å². The Morgan fingerprint density at radius 2 is 1.50 bits per heavy atom. The average Bonchev–Trinajstić information content (AvgIpc) is 1.87. The highest BCUT2D eigenvalue weighted by Crippen LogP contribution is 1.96. The lowest BCUT2D eigenvalue weighted by Gasteiger charge is -2.33. The Balaban J connectivity index is -0.0000000740. The number of hydrogen-bond acceptors (Lipinski definition) is 1. The molecule has 0 bridgehead atoms. The largest absolute Gasteiger partial charge is 0.633 e. The summed E-state index contributed by atoms with van der Waals surface area (Å²) in [7, 11) is 3.35. The summed E-state index contributed by atoms with van der Waals surface area (Å²) < 4.78 is -0.145. The molecule has 0 aliphatic heterocycles. The quantitative estimate of drug-likeness (QED) is 0.368. The molecule has 0 saturated heterocycles. The molecule has 0 amide bonds. The van der Waals surface area contributed by atoms with Crippen LogP contribution >= 0.6 is 0 Å². The molecule has 0 aromatic heterocycles. The van der Waals surface area contributed by atoms with Gasteiger partial charge in [-0.25, -0.2) is 0 Å². The van der Waals surface area contributed by atoms with Gasteiger partial charge in [-0.1, -0.05) is 28.2 Å². The van der Waals surface area contributed by atoms with Crippen LogP contribution in [0.1, 0.15) is 41.5 Å². The van der Waals surface area contributed by atoms with Gasteiger partial charge in [0.15, 0.2) is 0 Å². The zero-order chi connectivity index (χ0) is 8.62. The molecule has 0 unspecified atom stereocenters. The predicted molar refractivity (Wildman–Crippen MR) is 59.7 cm³/mol. The van der Waals surface area contributed by atoms with Gasteiger partial charge in [-0.15, -0.1) is 0 Å². The highest BCUT2D eigenvalue weighted by atomic mass is 16.5. The standard InChI is InChI=1S/C6H15NO.C2H5.2CH4/c1-4-5-6-7(2,3)8;1-2;;/h4-6H2,1-3H3;1H2,2H3;2*1H4/q;-1;;. The second-order valence-electron chi connectivity index (χ2n) is 2.65. The zero-order valence-corrected chi connectivity index (χ0v) is 7.68. The third kappa shape index (κ3) is 32.6. The van der Waals surface area contributed by atoms with E-state index in [9.17, 15) is 5.21 Å². The summed E-state index contributed by atoms with van der Waals surface area (Å²) in [5.74, 6) is 0.